The number of hydrogen-bond acceptors (Lipinski definition) is 9. The van der Waals surface area contributed by atoms with Crippen molar-refractivity contribution in [3.05, 3.63) is 83.3 Å². The van der Waals surface area contributed by atoms with Crippen LogP contribution in [0, 0.1) is 19.3 Å². The normalized spacial score (nSPS) is 16.4. The third kappa shape index (κ3) is 7.87. The number of aryl methyl sites for hydroxylation is 2. The van der Waals surface area contributed by atoms with Crippen molar-refractivity contribution in [2.24, 2.45) is 5.41 Å². The molecule has 12 heteroatoms. The van der Waals surface area contributed by atoms with E-state index in [1.807, 2.05) is 50.1 Å². The lowest BCUT2D eigenvalue weighted by atomic mass is 9.87. The van der Waals surface area contributed by atoms with Crippen LogP contribution >= 0.6 is 0 Å². The van der Waals surface area contributed by atoms with Gasteiger partial charge in [0.2, 0.25) is 11.8 Å². The molecule has 0 radical (unpaired) electrons. The van der Waals surface area contributed by atoms with Crippen molar-refractivity contribution in [2.75, 3.05) is 23.3 Å². The van der Waals surface area contributed by atoms with Crippen LogP contribution in [0.3, 0.4) is 0 Å². The number of benzene rings is 2. The highest BCUT2D eigenvalue weighted by molar-refractivity contribution is 7.92. The Morgan fingerprint density at radius 3 is 2.40 bits per heavy atom. The first-order chi connectivity index (χ1) is 22.1. The zero-order valence-corrected chi connectivity index (χ0v) is 29.1. The quantitative estimate of drug-likeness (QED) is 0.264. The molecule has 4 bridgehead atoms. The molecular weight excluding hydrogens is 614 g/mol. The minimum atomic E-state index is -4.17. The van der Waals surface area contributed by atoms with Crippen LogP contribution in [0.2, 0.25) is 0 Å². The van der Waals surface area contributed by atoms with Gasteiger partial charge in [-0.15, -0.1) is 0 Å². The van der Waals surface area contributed by atoms with Gasteiger partial charge in [0.15, 0.2) is 0 Å². The van der Waals surface area contributed by atoms with Gasteiger partial charge in [0.1, 0.15) is 18.2 Å². The number of nitrogens with zero attached hydrogens (tertiary/aromatic N) is 6. The number of nitrogens with one attached hydrogen (secondary N) is 1. The lowest BCUT2D eigenvalue weighted by Crippen LogP contribution is -2.45. The molecule has 1 aliphatic heterocycles. The average Bonchev–Trinajstić information content (AvgIpc) is 3.00. The minimum absolute atomic E-state index is 0.0839. The van der Waals surface area contributed by atoms with E-state index in [0.717, 1.165) is 22.5 Å². The number of amides is 1. The number of anilines is 2. The van der Waals surface area contributed by atoms with Gasteiger partial charge in [-0.25, -0.2) is 28.1 Å². The van der Waals surface area contributed by atoms with Gasteiger partial charge in [-0.3, -0.25) is 4.79 Å². The molecule has 0 aliphatic carbocycles. The first kappa shape index (κ1) is 33.8. The van der Waals surface area contributed by atoms with Gasteiger partial charge in [0.25, 0.3) is 15.9 Å². The molecule has 0 saturated carbocycles. The molecule has 1 aliphatic rings. The third-order valence-electron chi connectivity index (χ3n) is 8.17. The molecule has 2 aromatic carbocycles. The van der Waals surface area contributed by atoms with Gasteiger partial charge in [-0.1, -0.05) is 45.0 Å². The molecule has 1 atom stereocenters. The van der Waals surface area contributed by atoms with Crippen LogP contribution < -0.4 is 14.4 Å². The highest BCUT2D eigenvalue weighted by Crippen LogP contribution is 2.31. The smallest absolute Gasteiger partial charge is 0.264 e. The highest BCUT2D eigenvalue weighted by atomic mass is 32.2. The van der Waals surface area contributed by atoms with Crippen molar-refractivity contribution in [1.82, 2.24) is 24.8 Å². The summed E-state index contributed by atoms with van der Waals surface area (Å²) in [5, 5.41) is 0. The Morgan fingerprint density at radius 2 is 1.72 bits per heavy atom. The number of carbonyl (C=O) groups is 1. The lowest BCUT2D eigenvalue weighted by Gasteiger charge is -2.35. The van der Waals surface area contributed by atoms with E-state index in [4.69, 9.17) is 9.72 Å². The van der Waals surface area contributed by atoms with Gasteiger partial charge in [0.05, 0.1) is 23.2 Å². The third-order valence-corrected chi connectivity index (χ3v) is 9.49. The van der Waals surface area contributed by atoms with Crippen LogP contribution in [0.4, 0.5) is 11.8 Å². The second kappa shape index (κ2) is 13.3. The molecule has 11 nitrogen and oxygen atoms in total. The van der Waals surface area contributed by atoms with Crippen LogP contribution in [0.25, 0.3) is 11.3 Å². The van der Waals surface area contributed by atoms with E-state index in [0.29, 0.717) is 17.9 Å². The summed E-state index contributed by atoms with van der Waals surface area (Å²) in [5.41, 5.74) is 3.34. The van der Waals surface area contributed by atoms with E-state index in [1.165, 1.54) is 12.1 Å². The summed E-state index contributed by atoms with van der Waals surface area (Å²) < 4.78 is 36.2. The van der Waals surface area contributed by atoms with E-state index >= 15 is 0 Å². The average molecular weight is 658 g/mol. The summed E-state index contributed by atoms with van der Waals surface area (Å²) in [6, 6.07) is 15.2. The molecule has 2 aromatic heterocycles. The first-order valence-corrected chi connectivity index (χ1v) is 17.2. The Balaban J connectivity index is 1.66. The summed E-state index contributed by atoms with van der Waals surface area (Å²) in [7, 11) is -2.22. The number of ether oxygens (including phenoxy) is 1. The molecule has 0 saturated heterocycles. The molecule has 0 spiro atoms. The van der Waals surface area contributed by atoms with Crippen molar-refractivity contribution >= 4 is 27.7 Å². The van der Waals surface area contributed by atoms with E-state index in [2.05, 4.69) is 54.3 Å². The molecule has 5 rings (SSSR count). The molecule has 0 unspecified atom stereocenters. The van der Waals surface area contributed by atoms with Crippen molar-refractivity contribution in [3.63, 3.8) is 0 Å². The van der Waals surface area contributed by atoms with Gasteiger partial charge in [-0.05, 0) is 74.9 Å². The van der Waals surface area contributed by atoms with Crippen LogP contribution in [-0.4, -0.2) is 64.9 Å². The van der Waals surface area contributed by atoms with Gasteiger partial charge >= 0.3 is 0 Å². The van der Waals surface area contributed by atoms with Crippen molar-refractivity contribution in [3.8, 4) is 17.1 Å². The fourth-order valence-corrected chi connectivity index (χ4v) is 6.61. The highest BCUT2D eigenvalue weighted by Gasteiger charge is 2.32. The number of carbonyl (C=O) groups excluding carboxylic acids is 1. The second-order valence-electron chi connectivity index (χ2n) is 13.5. The molecule has 1 amide bonds. The van der Waals surface area contributed by atoms with Crippen LogP contribution in [0.15, 0.2) is 65.7 Å². The zero-order valence-electron chi connectivity index (χ0n) is 28.3. The summed E-state index contributed by atoms with van der Waals surface area (Å²) >= 11 is 0. The molecule has 47 heavy (non-hydrogen) atoms. The fraction of sp³-hybridized carbons (Fsp3) is 0.400. The van der Waals surface area contributed by atoms with Crippen molar-refractivity contribution in [2.45, 2.75) is 78.4 Å². The molecule has 3 heterocycles. The largest absolute Gasteiger partial charge is 0.475 e. The maximum atomic E-state index is 14.4. The predicted molar refractivity (Wildman–Crippen MR) is 183 cm³/mol. The molecular formula is C35H43N7O4S. The van der Waals surface area contributed by atoms with E-state index in [9.17, 15) is 13.2 Å². The number of fused-ring (bicyclic) bond motifs is 4. The van der Waals surface area contributed by atoms with Gasteiger partial charge < -0.3 is 14.5 Å². The first-order valence-electron chi connectivity index (χ1n) is 15.7. The van der Waals surface area contributed by atoms with Crippen LogP contribution in [-0.2, 0) is 16.6 Å². The molecule has 0 fully saturated rings. The molecule has 248 valence electrons. The van der Waals surface area contributed by atoms with Crippen molar-refractivity contribution < 1.29 is 17.9 Å². The number of sulfonamides is 1. The fourth-order valence-electron chi connectivity index (χ4n) is 5.62. The summed E-state index contributed by atoms with van der Waals surface area (Å²) in [6.07, 6.45) is 2.26. The number of hydrogen-bond donors (Lipinski definition) is 1. The molecule has 1 N–H and O–H groups in total. The monoisotopic (exact) mass is 657 g/mol. The summed E-state index contributed by atoms with van der Waals surface area (Å²) in [6.45, 7) is 14.6. The van der Waals surface area contributed by atoms with Crippen LogP contribution in [0.1, 0.15) is 68.3 Å². The van der Waals surface area contributed by atoms with Crippen LogP contribution in [0.5, 0.6) is 5.88 Å². The number of rotatable bonds is 6. The Morgan fingerprint density at radius 1 is 1.02 bits per heavy atom. The lowest BCUT2D eigenvalue weighted by molar-refractivity contribution is 0.0505. The topological polar surface area (TPSA) is 131 Å². The Labute approximate surface area is 277 Å². The van der Waals surface area contributed by atoms with Crippen molar-refractivity contribution in [1.29, 1.82) is 0 Å². The van der Waals surface area contributed by atoms with E-state index in [1.54, 1.807) is 29.3 Å². The van der Waals surface area contributed by atoms with E-state index in [-0.39, 0.29) is 52.8 Å². The molecule has 4 aromatic rings. The zero-order chi connectivity index (χ0) is 34.1. The summed E-state index contributed by atoms with van der Waals surface area (Å²) in [4.78, 5) is 36.4. The Bertz CT molecular complexity index is 1870. The minimum Gasteiger partial charge on any atom is -0.475 e. The Kier molecular flexibility index (Phi) is 9.53. The number of aromatic nitrogens is 4. The van der Waals surface area contributed by atoms with E-state index < -0.39 is 16.1 Å². The standard InChI is InChI=1S/C35H43N7O4S/c1-22(2)41(8)30-15-16-36-29(38-30)20-42-26(19-35(5,6)7)21-46-31-18-28(32-23(3)11-9-12-24(32)4)37-34(39-31)40-47(44,45)27-14-10-13-25(17-27)33(42)43/h9-18,22,26H,19-21H2,1-8H3,(H,37,39,40)/t26-/m1/s1. The second-order valence-corrected chi connectivity index (χ2v) is 15.2. The summed E-state index contributed by atoms with van der Waals surface area (Å²) in [5.74, 6) is 0.890. The maximum Gasteiger partial charge on any atom is 0.264 e. The predicted octanol–water partition coefficient (Wildman–Crippen LogP) is 6.04. The Hall–Kier alpha value is -4.58. The van der Waals surface area contributed by atoms with Gasteiger partial charge in [-0.2, -0.15) is 4.98 Å². The maximum absolute atomic E-state index is 14.4. The van der Waals surface area contributed by atoms with Gasteiger partial charge in [0, 0.05) is 36.5 Å². The SMILES string of the molecule is Cc1cccc(C)c1-c1cc2nc(n1)NS(=O)(=O)c1cccc(c1)C(=O)N(Cc1nccc(N(C)C(C)C)n1)[C@H](CC(C)(C)C)CO2.